The lowest BCUT2D eigenvalue weighted by Gasteiger charge is -2.12. The predicted molar refractivity (Wildman–Crippen MR) is 88.4 cm³/mol. The number of aliphatic hydroxyl groups excluding tert-OH is 1. The highest BCUT2D eigenvalue weighted by molar-refractivity contribution is 9.10. The average molecular weight is 404 g/mol. The Labute approximate surface area is 143 Å². The van der Waals surface area contributed by atoms with Gasteiger partial charge in [-0.2, -0.15) is 0 Å². The fourth-order valence-electron chi connectivity index (χ4n) is 1.77. The van der Waals surface area contributed by atoms with Gasteiger partial charge in [0.25, 0.3) is 5.69 Å². The van der Waals surface area contributed by atoms with Gasteiger partial charge in [0.1, 0.15) is 11.5 Å². The van der Waals surface area contributed by atoms with E-state index in [1.807, 2.05) is 0 Å². The summed E-state index contributed by atoms with van der Waals surface area (Å²) in [6.45, 7) is 0. The van der Waals surface area contributed by atoms with E-state index in [0.717, 1.165) is 19.2 Å². The van der Waals surface area contributed by atoms with Gasteiger partial charge in [-0.1, -0.05) is 15.9 Å². The summed E-state index contributed by atoms with van der Waals surface area (Å²) in [6, 6.07) is 4.77. The summed E-state index contributed by atoms with van der Waals surface area (Å²) >= 11 is 3.07. The van der Waals surface area contributed by atoms with E-state index in [1.165, 1.54) is 12.1 Å². The molecule has 7 nitrogen and oxygen atoms in total. The molecule has 0 heterocycles. The van der Waals surface area contributed by atoms with Crippen LogP contribution in [0.25, 0.3) is 0 Å². The Balaban J connectivity index is 0.00000139. The van der Waals surface area contributed by atoms with E-state index in [0.29, 0.717) is 4.47 Å². The molecular formula is C14H12BrF2N3O4. The molecule has 0 atom stereocenters. The molecule has 0 aliphatic rings. The number of aldehydes is 1. The molecule has 0 unspecified atom stereocenters. The van der Waals surface area contributed by atoms with Crippen LogP contribution >= 0.6 is 15.9 Å². The summed E-state index contributed by atoms with van der Waals surface area (Å²) in [5.41, 5.74) is 2.98. The summed E-state index contributed by atoms with van der Waals surface area (Å²) in [5, 5.41) is 20.2. The maximum Gasteiger partial charge on any atom is 0.296 e. The zero-order valence-corrected chi connectivity index (χ0v) is 13.8. The second kappa shape index (κ2) is 8.31. The van der Waals surface area contributed by atoms with Crippen LogP contribution in [0.2, 0.25) is 0 Å². The van der Waals surface area contributed by atoms with Crippen LogP contribution in [-0.4, -0.2) is 23.4 Å². The number of halogens is 3. The zero-order valence-electron chi connectivity index (χ0n) is 12.2. The number of nitrogens with two attached hydrogens (primary N) is 1. The Bertz CT molecular complexity index is 787. The number of nitrogen functional groups attached to an aromatic ring is 1. The molecule has 0 saturated heterocycles. The van der Waals surface area contributed by atoms with E-state index in [4.69, 9.17) is 10.8 Å². The van der Waals surface area contributed by atoms with Crippen LogP contribution in [0.3, 0.4) is 0 Å². The molecule has 0 saturated carbocycles. The summed E-state index contributed by atoms with van der Waals surface area (Å²) in [4.78, 5) is 20.9. The Kier molecular flexibility index (Phi) is 6.74. The predicted octanol–water partition coefficient (Wildman–Crippen LogP) is 3.38. The molecule has 0 amide bonds. The highest BCUT2D eigenvalue weighted by Gasteiger charge is 2.23. The number of anilines is 3. The van der Waals surface area contributed by atoms with Gasteiger partial charge in [0.2, 0.25) is 0 Å². The number of hydrogen-bond acceptors (Lipinski definition) is 6. The van der Waals surface area contributed by atoms with Crippen LogP contribution in [0.4, 0.5) is 31.5 Å². The first kappa shape index (κ1) is 19.5. The number of nitrogens with one attached hydrogen (secondary N) is 1. The molecular weight excluding hydrogens is 392 g/mol. The van der Waals surface area contributed by atoms with Crippen molar-refractivity contribution in [2.45, 2.75) is 0 Å². The van der Waals surface area contributed by atoms with Gasteiger partial charge in [-0.25, -0.2) is 8.78 Å². The monoisotopic (exact) mass is 403 g/mol. The third kappa shape index (κ3) is 4.03. The number of carbonyl (C=O) groups is 1. The first-order chi connectivity index (χ1) is 11.3. The number of nitro benzene ring substituents is 1. The van der Waals surface area contributed by atoms with Crippen LogP contribution in [0.5, 0.6) is 0 Å². The zero-order chi connectivity index (χ0) is 18.4. The van der Waals surface area contributed by atoms with Crippen molar-refractivity contribution in [1.82, 2.24) is 0 Å². The second-order valence-corrected chi connectivity index (χ2v) is 5.13. The molecule has 0 spiro atoms. The minimum absolute atomic E-state index is 0.113. The minimum atomic E-state index is -1.20. The van der Waals surface area contributed by atoms with Crippen molar-refractivity contribution in [3.8, 4) is 0 Å². The minimum Gasteiger partial charge on any atom is -0.400 e. The quantitative estimate of drug-likeness (QED) is 0.311. The molecule has 0 aliphatic heterocycles. The van der Waals surface area contributed by atoms with Crippen molar-refractivity contribution in [3.05, 3.63) is 56.1 Å². The highest BCUT2D eigenvalue weighted by Crippen LogP contribution is 2.35. The topological polar surface area (TPSA) is 118 Å². The molecule has 2 rings (SSSR count). The summed E-state index contributed by atoms with van der Waals surface area (Å²) < 4.78 is 28.4. The SMILES string of the molecule is CO.Nc1c([N+](=O)[O-])cc(C=O)c(Nc2ccc(Br)cc2F)c1F. The van der Waals surface area contributed by atoms with E-state index in [-0.39, 0.29) is 17.5 Å². The van der Waals surface area contributed by atoms with Gasteiger partial charge in [0.15, 0.2) is 12.1 Å². The van der Waals surface area contributed by atoms with Crippen molar-refractivity contribution < 1.29 is 23.6 Å². The van der Waals surface area contributed by atoms with Crippen molar-refractivity contribution in [2.24, 2.45) is 0 Å². The normalized spacial score (nSPS) is 9.71. The standard InChI is InChI=1S/C13H8BrF2N3O3.CH4O/c14-7-1-2-9(8(15)4-7)18-13-6(5-20)3-10(19(21)22)12(17)11(13)16;1-2/h1-5,18H,17H2;2H,1H3. The number of nitrogens with zero attached hydrogens (tertiary/aromatic N) is 1. The number of rotatable bonds is 4. The smallest absolute Gasteiger partial charge is 0.296 e. The van der Waals surface area contributed by atoms with Crippen molar-refractivity contribution >= 4 is 45.0 Å². The lowest BCUT2D eigenvalue weighted by atomic mass is 10.1. The van der Waals surface area contributed by atoms with Crippen LogP contribution < -0.4 is 11.1 Å². The van der Waals surface area contributed by atoms with Crippen molar-refractivity contribution in [3.63, 3.8) is 0 Å². The summed E-state index contributed by atoms with van der Waals surface area (Å²) in [7, 11) is 1.00. The van der Waals surface area contributed by atoms with Crippen LogP contribution in [0, 0.1) is 21.7 Å². The van der Waals surface area contributed by atoms with E-state index in [1.54, 1.807) is 0 Å². The Hall–Kier alpha value is -2.59. The molecule has 24 heavy (non-hydrogen) atoms. The maximum atomic E-state index is 14.2. The van der Waals surface area contributed by atoms with Gasteiger partial charge >= 0.3 is 0 Å². The highest BCUT2D eigenvalue weighted by atomic mass is 79.9. The largest absolute Gasteiger partial charge is 0.400 e. The second-order valence-electron chi connectivity index (χ2n) is 4.21. The molecule has 10 heteroatoms. The molecule has 2 aromatic rings. The molecule has 4 N–H and O–H groups in total. The summed E-state index contributed by atoms with van der Waals surface area (Å²) in [5.74, 6) is -1.90. The number of aliphatic hydroxyl groups is 1. The molecule has 0 aromatic heterocycles. The lowest BCUT2D eigenvalue weighted by Crippen LogP contribution is -2.06. The first-order valence-corrected chi connectivity index (χ1v) is 7.02. The third-order valence-corrected chi connectivity index (χ3v) is 3.32. The average Bonchev–Trinajstić information content (AvgIpc) is 2.55. The number of nitro groups is 1. The van der Waals surface area contributed by atoms with E-state index in [9.17, 15) is 23.7 Å². The van der Waals surface area contributed by atoms with Gasteiger partial charge in [-0.15, -0.1) is 0 Å². The molecule has 0 bridgehead atoms. The molecule has 0 radical (unpaired) electrons. The van der Waals surface area contributed by atoms with Crippen LogP contribution in [-0.2, 0) is 0 Å². The maximum absolute atomic E-state index is 14.2. The number of carbonyl (C=O) groups excluding carboxylic acids is 1. The van der Waals surface area contributed by atoms with Gasteiger partial charge in [-0.3, -0.25) is 14.9 Å². The molecule has 128 valence electrons. The molecule has 0 fully saturated rings. The van der Waals surface area contributed by atoms with Gasteiger partial charge in [-0.05, 0) is 18.2 Å². The Morgan fingerprint density at radius 1 is 1.33 bits per heavy atom. The molecule has 0 aliphatic carbocycles. The lowest BCUT2D eigenvalue weighted by molar-refractivity contribution is -0.384. The van der Waals surface area contributed by atoms with Crippen LogP contribution in [0.1, 0.15) is 10.4 Å². The summed E-state index contributed by atoms with van der Waals surface area (Å²) in [6.07, 6.45) is 0.217. The number of hydrogen-bond donors (Lipinski definition) is 3. The van der Waals surface area contributed by atoms with E-state index >= 15 is 0 Å². The van der Waals surface area contributed by atoms with Gasteiger partial charge < -0.3 is 16.2 Å². The fourth-order valence-corrected chi connectivity index (χ4v) is 2.10. The first-order valence-electron chi connectivity index (χ1n) is 6.23. The van der Waals surface area contributed by atoms with E-state index < -0.39 is 33.6 Å². The molecule has 2 aromatic carbocycles. The van der Waals surface area contributed by atoms with Crippen molar-refractivity contribution in [1.29, 1.82) is 0 Å². The van der Waals surface area contributed by atoms with Crippen LogP contribution in [0.15, 0.2) is 28.7 Å². The Morgan fingerprint density at radius 2 is 1.96 bits per heavy atom. The third-order valence-electron chi connectivity index (χ3n) is 2.83. The van der Waals surface area contributed by atoms with E-state index in [2.05, 4.69) is 21.2 Å². The fraction of sp³-hybridized carbons (Fsp3) is 0.0714. The van der Waals surface area contributed by atoms with Gasteiger partial charge in [0, 0.05) is 23.2 Å². The van der Waals surface area contributed by atoms with Gasteiger partial charge in [0.05, 0.1) is 16.3 Å². The number of benzene rings is 2. The van der Waals surface area contributed by atoms with Crippen molar-refractivity contribution in [2.75, 3.05) is 18.2 Å². The Morgan fingerprint density at radius 3 is 2.46 bits per heavy atom.